The molecule has 4 N–H and O–H groups in total. The number of anilines is 3. The van der Waals surface area contributed by atoms with Gasteiger partial charge in [-0.2, -0.15) is 4.89 Å². The molecule has 0 spiro atoms. The number of amides is 3. The van der Waals surface area contributed by atoms with E-state index in [9.17, 15) is 29.1 Å². The van der Waals surface area contributed by atoms with Crippen molar-refractivity contribution in [1.82, 2.24) is 0 Å². The fourth-order valence-electron chi connectivity index (χ4n) is 3.55. The van der Waals surface area contributed by atoms with E-state index in [0.29, 0.717) is 22.5 Å². The summed E-state index contributed by atoms with van der Waals surface area (Å²) < 4.78 is 20.0. The fraction of sp³-hybridized carbons (Fsp3) is 0.333. The summed E-state index contributed by atoms with van der Waals surface area (Å²) in [4.78, 5) is 74.5. The lowest BCUT2D eigenvalue weighted by molar-refractivity contribution is -0.223. The quantitative estimate of drug-likeness (QED) is 0.0263. The highest BCUT2D eigenvalue weighted by molar-refractivity contribution is 6.00. The zero-order chi connectivity index (χ0) is 36.6. The molecule has 16 nitrogen and oxygen atoms in total. The summed E-state index contributed by atoms with van der Waals surface area (Å²) in [6.07, 6.45) is -0.811. The zero-order valence-electron chi connectivity index (χ0n) is 27.9. The second-order valence-corrected chi connectivity index (χ2v) is 10.7. The number of carbonyl (C=O) groups excluding carboxylic acids is 5. The number of aliphatic hydroxyl groups is 1. The maximum absolute atomic E-state index is 13.1. The van der Waals surface area contributed by atoms with Crippen LogP contribution in [0.4, 0.5) is 32.3 Å². The molecule has 1 unspecified atom stereocenters. The minimum Gasteiger partial charge on any atom is -0.460 e. The average molecular weight is 685 g/mol. The van der Waals surface area contributed by atoms with Crippen molar-refractivity contribution in [3.05, 3.63) is 71.8 Å². The molecule has 3 amide bonds. The molecule has 264 valence electrons. The second-order valence-electron chi connectivity index (χ2n) is 10.7. The van der Waals surface area contributed by atoms with Crippen molar-refractivity contribution in [1.29, 1.82) is 0 Å². The number of carbonyl (C=O) groups is 5. The molecular weight excluding hydrogens is 644 g/mol. The molecule has 0 heterocycles. The Balaban J connectivity index is 1.91. The van der Waals surface area contributed by atoms with E-state index in [0.717, 1.165) is 6.40 Å². The van der Waals surface area contributed by atoms with Crippen LogP contribution in [0, 0.1) is 13.8 Å². The Hall–Kier alpha value is -5.74. The van der Waals surface area contributed by atoms with Gasteiger partial charge in [0.15, 0.2) is 0 Å². The molecule has 0 radical (unpaired) electrons. The Morgan fingerprint density at radius 1 is 0.816 bits per heavy atom. The molecule has 2 aromatic carbocycles. The number of benzene rings is 2. The van der Waals surface area contributed by atoms with Gasteiger partial charge >= 0.3 is 24.1 Å². The molecule has 0 aliphatic heterocycles. The third-order valence-corrected chi connectivity index (χ3v) is 6.09. The van der Waals surface area contributed by atoms with Crippen LogP contribution in [0.2, 0.25) is 0 Å². The first kappa shape index (κ1) is 39.4. The van der Waals surface area contributed by atoms with E-state index in [-0.39, 0.29) is 48.9 Å². The normalized spacial score (nSPS) is 11.8. The second kappa shape index (κ2) is 19.2. The standard InChI is InChI=1S/C33H40N4O12/c1-20(2)28(39)44-10-11-46-31(42)36-26-15-22(5)14-25(17-26)35-30(41)33(7,18-38)49-32(43)37-27-9-8-24(16-23(27)6)34-19-48-47-13-12-45-29(40)21(3)4/h8-9,14-17,19,38H,1,3,10-13,18H2,2,4-7H3,(H,35,41)(H,36,42)(H,37,43). The summed E-state index contributed by atoms with van der Waals surface area (Å²) in [6, 6.07) is 9.36. The van der Waals surface area contributed by atoms with Gasteiger partial charge in [0, 0.05) is 28.2 Å². The number of aryl methyl sites for hydroxylation is 2. The van der Waals surface area contributed by atoms with E-state index >= 15 is 0 Å². The lowest BCUT2D eigenvalue weighted by Gasteiger charge is -2.26. The number of hydrogen-bond donors (Lipinski definition) is 4. The van der Waals surface area contributed by atoms with Crippen LogP contribution in [0.5, 0.6) is 0 Å². The molecule has 2 rings (SSSR count). The predicted octanol–water partition coefficient (Wildman–Crippen LogP) is 4.64. The van der Waals surface area contributed by atoms with E-state index in [2.05, 4.69) is 34.1 Å². The van der Waals surface area contributed by atoms with Gasteiger partial charge in [0.1, 0.15) is 26.4 Å². The minimum absolute atomic E-state index is 0.0293. The van der Waals surface area contributed by atoms with Crippen molar-refractivity contribution in [3.8, 4) is 0 Å². The van der Waals surface area contributed by atoms with E-state index in [4.69, 9.17) is 28.7 Å². The van der Waals surface area contributed by atoms with Gasteiger partial charge in [0.2, 0.25) is 12.0 Å². The molecule has 0 saturated heterocycles. The number of aliphatic imine (C=N–C) groups is 1. The number of aliphatic hydroxyl groups excluding tert-OH is 1. The van der Waals surface area contributed by atoms with Crippen LogP contribution in [0.3, 0.4) is 0 Å². The molecule has 0 aliphatic carbocycles. The number of nitrogens with zero attached hydrogens (tertiary/aromatic N) is 1. The molecule has 2 aromatic rings. The van der Waals surface area contributed by atoms with Gasteiger partial charge in [0.25, 0.3) is 5.91 Å². The van der Waals surface area contributed by atoms with Gasteiger partial charge in [0.05, 0.1) is 12.3 Å². The molecule has 0 aliphatic rings. The lowest BCUT2D eigenvalue weighted by atomic mass is 10.1. The van der Waals surface area contributed by atoms with Gasteiger partial charge in [-0.05, 0) is 82.1 Å². The maximum atomic E-state index is 13.1. The van der Waals surface area contributed by atoms with Gasteiger partial charge in [-0.25, -0.2) is 24.2 Å². The van der Waals surface area contributed by atoms with Crippen molar-refractivity contribution in [2.24, 2.45) is 4.99 Å². The molecule has 1 atom stereocenters. The summed E-state index contributed by atoms with van der Waals surface area (Å²) in [6.45, 7) is 13.3. The Labute approximate surface area is 283 Å². The molecule has 0 saturated carbocycles. The number of ether oxygens (including phenoxy) is 4. The van der Waals surface area contributed by atoms with Crippen LogP contribution in [-0.4, -0.2) is 80.2 Å². The van der Waals surface area contributed by atoms with Crippen LogP contribution in [0.1, 0.15) is 31.9 Å². The fourth-order valence-corrected chi connectivity index (χ4v) is 3.55. The van der Waals surface area contributed by atoms with Crippen LogP contribution < -0.4 is 16.0 Å². The third-order valence-electron chi connectivity index (χ3n) is 6.09. The molecule has 0 fully saturated rings. The molecular formula is C33H40N4O12. The zero-order valence-corrected chi connectivity index (χ0v) is 27.9. The SMILES string of the molecule is C=C(C)C(=O)OCCOOC=Nc1ccc(NC(=O)OC(C)(CO)C(=O)Nc2cc(C)cc(NC(=O)OCCOC(=O)C(=C)C)c2)c(C)c1. The van der Waals surface area contributed by atoms with E-state index in [1.165, 1.54) is 26.8 Å². The molecule has 49 heavy (non-hydrogen) atoms. The molecule has 0 aromatic heterocycles. The van der Waals surface area contributed by atoms with Gasteiger partial charge in [-0.15, -0.1) is 0 Å². The highest BCUT2D eigenvalue weighted by atomic mass is 17.2. The average Bonchev–Trinajstić information content (AvgIpc) is 3.03. The Morgan fingerprint density at radius 3 is 2.00 bits per heavy atom. The van der Waals surface area contributed by atoms with Crippen molar-refractivity contribution >= 4 is 59.2 Å². The van der Waals surface area contributed by atoms with Gasteiger partial charge < -0.3 is 34.3 Å². The summed E-state index contributed by atoms with van der Waals surface area (Å²) in [7, 11) is 0. The first-order valence-corrected chi connectivity index (χ1v) is 14.7. The van der Waals surface area contributed by atoms with Gasteiger partial charge in [-0.1, -0.05) is 13.2 Å². The summed E-state index contributed by atoms with van der Waals surface area (Å²) in [5.41, 5.74) is 1.01. The first-order chi connectivity index (χ1) is 23.1. The summed E-state index contributed by atoms with van der Waals surface area (Å²) in [5.74, 6) is -1.99. The minimum atomic E-state index is -2.00. The highest BCUT2D eigenvalue weighted by Gasteiger charge is 2.37. The van der Waals surface area contributed by atoms with Crippen LogP contribution in [0.15, 0.2) is 65.7 Å². The van der Waals surface area contributed by atoms with E-state index in [1.54, 1.807) is 44.2 Å². The van der Waals surface area contributed by atoms with Crippen LogP contribution in [0.25, 0.3) is 0 Å². The van der Waals surface area contributed by atoms with Crippen molar-refractivity contribution in [2.45, 2.75) is 40.2 Å². The van der Waals surface area contributed by atoms with Crippen LogP contribution >= 0.6 is 0 Å². The molecule has 16 heteroatoms. The van der Waals surface area contributed by atoms with E-state index < -0.39 is 42.2 Å². The number of esters is 2. The predicted molar refractivity (Wildman–Crippen MR) is 178 cm³/mol. The highest BCUT2D eigenvalue weighted by Crippen LogP contribution is 2.24. The Kier molecular flexibility index (Phi) is 15.4. The van der Waals surface area contributed by atoms with Gasteiger partial charge in [-0.3, -0.25) is 15.4 Å². The summed E-state index contributed by atoms with van der Waals surface area (Å²) in [5, 5.41) is 17.6. The topological polar surface area (TPSA) is 209 Å². The molecule has 0 bridgehead atoms. The summed E-state index contributed by atoms with van der Waals surface area (Å²) >= 11 is 0. The maximum Gasteiger partial charge on any atom is 0.412 e. The largest absolute Gasteiger partial charge is 0.460 e. The Morgan fingerprint density at radius 2 is 1.41 bits per heavy atom. The van der Waals surface area contributed by atoms with Crippen molar-refractivity contribution in [2.75, 3.05) is 49.0 Å². The van der Waals surface area contributed by atoms with Crippen molar-refractivity contribution < 1.29 is 57.8 Å². The smallest absolute Gasteiger partial charge is 0.412 e. The monoisotopic (exact) mass is 684 g/mol. The van der Waals surface area contributed by atoms with Crippen LogP contribution in [-0.2, 0) is 43.1 Å². The lowest BCUT2D eigenvalue weighted by Crippen LogP contribution is -2.48. The number of nitrogens with one attached hydrogen (secondary N) is 3. The first-order valence-electron chi connectivity index (χ1n) is 14.7. The van der Waals surface area contributed by atoms with E-state index in [1.807, 2.05) is 0 Å². The number of hydrogen-bond acceptors (Lipinski definition) is 13. The third kappa shape index (κ3) is 13.9. The Bertz CT molecular complexity index is 1590. The number of rotatable bonds is 17. The van der Waals surface area contributed by atoms with Crippen molar-refractivity contribution in [3.63, 3.8) is 0 Å².